The Morgan fingerprint density at radius 1 is 1.53 bits per heavy atom. The van der Waals surface area contributed by atoms with E-state index in [1.807, 2.05) is 11.8 Å². The zero-order valence-electron chi connectivity index (χ0n) is 9.92. The lowest BCUT2D eigenvalue weighted by molar-refractivity contribution is -0.119. The van der Waals surface area contributed by atoms with Crippen LogP contribution >= 0.6 is 11.8 Å². The van der Waals surface area contributed by atoms with Crippen LogP contribution in [-0.2, 0) is 4.79 Å². The van der Waals surface area contributed by atoms with Crippen molar-refractivity contribution >= 4 is 17.5 Å². The number of carbonyl (C=O) groups is 1. The van der Waals surface area contributed by atoms with Crippen molar-refractivity contribution in [1.29, 1.82) is 0 Å². The van der Waals surface area contributed by atoms with Gasteiger partial charge in [0.2, 0.25) is 0 Å². The third kappa shape index (κ3) is 6.21. The Balaban J connectivity index is 2.06. The molecule has 1 aliphatic rings. The average Bonchev–Trinajstić information content (AvgIpc) is 2.18. The number of ketones is 1. The SMILES string of the molecule is CC(C)CCCC(=O)CC1CSCCN1. The van der Waals surface area contributed by atoms with Gasteiger partial charge in [0.05, 0.1) is 0 Å². The van der Waals surface area contributed by atoms with Gasteiger partial charge in [0.25, 0.3) is 0 Å². The third-order valence-corrected chi connectivity index (χ3v) is 3.84. The van der Waals surface area contributed by atoms with Crippen molar-refractivity contribution in [3.05, 3.63) is 0 Å². The maximum Gasteiger partial charge on any atom is 0.134 e. The first kappa shape index (κ1) is 13.0. The fraction of sp³-hybridized carbons (Fsp3) is 0.917. The number of hydrogen-bond acceptors (Lipinski definition) is 3. The molecule has 0 aromatic carbocycles. The first-order chi connectivity index (χ1) is 7.18. The van der Waals surface area contributed by atoms with E-state index in [0.717, 1.165) is 37.5 Å². The summed E-state index contributed by atoms with van der Waals surface area (Å²) in [6, 6.07) is 0.440. The summed E-state index contributed by atoms with van der Waals surface area (Å²) in [5.74, 6) is 3.46. The molecule has 1 N–H and O–H groups in total. The zero-order valence-corrected chi connectivity index (χ0v) is 10.7. The second-order valence-corrected chi connectivity index (χ2v) is 5.90. The van der Waals surface area contributed by atoms with E-state index in [1.165, 1.54) is 12.2 Å². The molecule has 0 radical (unpaired) electrons. The molecule has 1 atom stereocenters. The lowest BCUT2D eigenvalue weighted by Crippen LogP contribution is -2.38. The van der Waals surface area contributed by atoms with E-state index in [2.05, 4.69) is 19.2 Å². The van der Waals surface area contributed by atoms with Gasteiger partial charge in [-0.05, 0) is 12.3 Å². The van der Waals surface area contributed by atoms with Crippen molar-refractivity contribution in [2.24, 2.45) is 5.92 Å². The molecule has 1 heterocycles. The molecule has 1 unspecified atom stereocenters. The maximum absolute atomic E-state index is 11.6. The van der Waals surface area contributed by atoms with E-state index in [0.29, 0.717) is 11.8 Å². The first-order valence-electron chi connectivity index (χ1n) is 6.01. The van der Waals surface area contributed by atoms with Gasteiger partial charge >= 0.3 is 0 Å². The summed E-state index contributed by atoms with van der Waals surface area (Å²) in [5, 5.41) is 3.41. The molecule has 15 heavy (non-hydrogen) atoms. The average molecular weight is 229 g/mol. The van der Waals surface area contributed by atoms with Gasteiger partial charge in [0.15, 0.2) is 0 Å². The van der Waals surface area contributed by atoms with Crippen LogP contribution in [0.4, 0.5) is 0 Å². The predicted molar refractivity (Wildman–Crippen MR) is 67.4 cm³/mol. The Hall–Kier alpha value is -0.0200. The summed E-state index contributed by atoms with van der Waals surface area (Å²) in [4.78, 5) is 11.6. The summed E-state index contributed by atoms with van der Waals surface area (Å²) in [7, 11) is 0. The molecule has 2 nitrogen and oxygen atoms in total. The van der Waals surface area contributed by atoms with Gasteiger partial charge < -0.3 is 5.32 Å². The summed E-state index contributed by atoms with van der Waals surface area (Å²) < 4.78 is 0. The van der Waals surface area contributed by atoms with Gasteiger partial charge in [-0.1, -0.05) is 20.3 Å². The summed E-state index contributed by atoms with van der Waals surface area (Å²) in [5.41, 5.74) is 0. The van der Waals surface area contributed by atoms with Crippen molar-refractivity contribution in [3.63, 3.8) is 0 Å². The normalized spacial score (nSPS) is 21.9. The quantitative estimate of drug-likeness (QED) is 0.758. The Kier molecular flexibility index (Phi) is 6.34. The molecule has 0 aliphatic carbocycles. The van der Waals surface area contributed by atoms with E-state index in [1.54, 1.807) is 0 Å². The summed E-state index contributed by atoms with van der Waals surface area (Å²) in [6.45, 7) is 5.49. The monoisotopic (exact) mass is 229 g/mol. The fourth-order valence-corrected chi connectivity index (χ4v) is 2.78. The number of nitrogens with one attached hydrogen (secondary N) is 1. The van der Waals surface area contributed by atoms with Crippen molar-refractivity contribution in [1.82, 2.24) is 5.32 Å². The van der Waals surface area contributed by atoms with Gasteiger partial charge in [-0.15, -0.1) is 0 Å². The molecule has 1 fully saturated rings. The highest BCUT2D eigenvalue weighted by Gasteiger charge is 2.16. The minimum Gasteiger partial charge on any atom is -0.312 e. The third-order valence-electron chi connectivity index (χ3n) is 2.71. The minimum atomic E-state index is 0.440. The number of thioether (sulfide) groups is 1. The lowest BCUT2D eigenvalue weighted by atomic mass is 10.0. The van der Waals surface area contributed by atoms with Gasteiger partial charge in [0.1, 0.15) is 5.78 Å². The smallest absolute Gasteiger partial charge is 0.134 e. The highest BCUT2D eigenvalue weighted by atomic mass is 32.2. The number of carbonyl (C=O) groups excluding carboxylic acids is 1. The van der Waals surface area contributed by atoms with E-state index < -0.39 is 0 Å². The van der Waals surface area contributed by atoms with Crippen molar-refractivity contribution in [3.8, 4) is 0 Å². The summed E-state index contributed by atoms with van der Waals surface area (Å²) in [6.07, 6.45) is 3.76. The van der Waals surface area contributed by atoms with Crippen LogP contribution in [0.5, 0.6) is 0 Å². The van der Waals surface area contributed by atoms with Gasteiger partial charge in [-0.25, -0.2) is 0 Å². The zero-order chi connectivity index (χ0) is 11.1. The molecule has 88 valence electrons. The van der Waals surface area contributed by atoms with E-state index in [4.69, 9.17) is 0 Å². The first-order valence-corrected chi connectivity index (χ1v) is 7.16. The van der Waals surface area contributed by atoms with E-state index in [-0.39, 0.29) is 0 Å². The largest absolute Gasteiger partial charge is 0.312 e. The van der Waals surface area contributed by atoms with Crippen LogP contribution in [0, 0.1) is 5.92 Å². The molecule has 1 saturated heterocycles. The molecule has 0 bridgehead atoms. The highest BCUT2D eigenvalue weighted by Crippen LogP contribution is 2.13. The van der Waals surface area contributed by atoms with Crippen LogP contribution in [0.15, 0.2) is 0 Å². The standard InChI is InChI=1S/C12H23NOS/c1-10(2)4-3-5-12(14)8-11-9-15-7-6-13-11/h10-11,13H,3-9H2,1-2H3. The van der Waals surface area contributed by atoms with Crippen LogP contribution in [0.1, 0.15) is 39.5 Å². The van der Waals surface area contributed by atoms with Gasteiger partial charge in [-0.2, -0.15) is 11.8 Å². The lowest BCUT2D eigenvalue weighted by Gasteiger charge is -2.22. The predicted octanol–water partition coefficient (Wildman–Crippen LogP) is 2.48. The molecule has 0 spiro atoms. The number of hydrogen-bond donors (Lipinski definition) is 1. The van der Waals surface area contributed by atoms with Crippen molar-refractivity contribution in [2.45, 2.75) is 45.6 Å². The Morgan fingerprint density at radius 2 is 2.33 bits per heavy atom. The van der Waals surface area contributed by atoms with Gasteiger partial charge in [-0.3, -0.25) is 4.79 Å². The maximum atomic E-state index is 11.6. The second kappa shape index (κ2) is 7.29. The van der Waals surface area contributed by atoms with E-state index in [9.17, 15) is 4.79 Å². The molecule has 3 heteroatoms. The molecule has 0 amide bonds. The minimum absolute atomic E-state index is 0.440. The van der Waals surface area contributed by atoms with E-state index >= 15 is 0 Å². The van der Waals surface area contributed by atoms with Gasteiger partial charge in [0, 0.05) is 36.9 Å². The Labute approximate surface area is 97.6 Å². The van der Waals surface area contributed by atoms with Crippen LogP contribution < -0.4 is 5.32 Å². The van der Waals surface area contributed by atoms with Crippen LogP contribution in [-0.4, -0.2) is 29.9 Å². The summed E-state index contributed by atoms with van der Waals surface area (Å²) >= 11 is 1.96. The second-order valence-electron chi connectivity index (χ2n) is 4.75. The molecule has 1 aliphatic heterocycles. The molecular weight excluding hydrogens is 206 g/mol. The highest BCUT2D eigenvalue weighted by molar-refractivity contribution is 7.99. The number of Topliss-reactive ketones (excluding diaryl/α,β-unsaturated/α-hetero) is 1. The van der Waals surface area contributed by atoms with Crippen molar-refractivity contribution in [2.75, 3.05) is 18.1 Å². The van der Waals surface area contributed by atoms with Crippen LogP contribution in [0.3, 0.4) is 0 Å². The fourth-order valence-electron chi connectivity index (χ4n) is 1.84. The Morgan fingerprint density at radius 3 is 2.93 bits per heavy atom. The molecule has 0 aromatic heterocycles. The Bertz CT molecular complexity index is 188. The van der Waals surface area contributed by atoms with Crippen LogP contribution in [0.25, 0.3) is 0 Å². The molecule has 0 saturated carbocycles. The topological polar surface area (TPSA) is 29.1 Å². The molecule has 0 aromatic rings. The van der Waals surface area contributed by atoms with Crippen LogP contribution in [0.2, 0.25) is 0 Å². The van der Waals surface area contributed by atoms with Crippen molar-refractivity contribution < 1.29 is 4.79 Å². The molecular formula is C12H23NOS. The number of rotatable bonds is 6. The molecule has 1 rings (SSSR count).